The molecule has 14 heavy (non-hydrogen) atoms. The van der Waals surface area contributed by atoms with Crippen LogP contribution in [-0.2, 0) is 6.42 Å². The molecule has 2 N–H and O–H groups in total. The molecule has 0 aliphatic carbocycles. The molecule has 80 valence electrons. The van der Waals surface area contributed by atoms with Gasteiger partial charge in [0.15, 0.2) is 0 Å². The minimum absolute atomic E-state index is 0.250. The summed E-state index contributed by atoms with van der Waals surface area (Å²) in [6, 6.07) is 11.1. The van der Waals surface area contributed by atoms with Crippen LogP contribution < -0.4 is 5.32 Å². The molecule has 0 saturated heterocycles. The van der Waals surface area contributed by atoms with Crippen LogP contribution in [0, 0.1) is 0 Å². The first-order valence-corrected chi connectivity index (χ1v) is 5.06. The van der Waals surface area contributed by atoms with Gasteiger partial charge in [-0.2, -0.15) is 0 Å². The van der Waals surface area contributed by atoms with Gasteiger partial charge < -0.3 is 10.4 Å². The Balaban J connectivity index is 0.000000500. The summed E-state index contributed by atoms with van der Waals surface area (Å²) in [5, 5.41) is 10.8. The minimum Gasteiger partial charge on any atom is -0.397 e. The summed E-state index contributed by atoms with van der Waals surface area (Å²) in [7, 11) is 1.99. The number of nitrogens with one attached hydrogen (secondary N) is 1. The van der Waals surface area contributed by atoms with E-state index in [0.29, 0.717) is 6.04 Å². The molecule has 1 unspecified atom stereocenters. The lowest BCUT2D eigenvalue weighted by molar-refractivity contribution is 0.318. The summed E-state index contributed by atoms with van der Waals surface area (Å²) in [5.41, 5.74) is 1.40. The Hall–Kier alpha value is -0.860. The zero-order valence-electron chi connectivity index (χ0n) is 9.33. The maximum Gasteiger partial charge on any atom is 0.0402 e. The monoisotopic (exact) mass is 195 g/mol. The van der Waals surface area contributed by atoms with Gasteiger partial charge in [-0.1, -0.05) is 30.3 Å². The first-order chi connectivity index (χ1) is 6.74. The third-order valence-electron chi connectivity index (χ3n) is 1.88. The molecule has 0 amide bonds. The molecular weight excluding hydrogens is 174 g/mol. The number of benzene rings is 1. The molecule has 0 radical (unpaired) electrons. The molecule has 0 aliphatic heterocycles. The highest BCUT2D eigenvalue weighted by atomic mass is 16.2. The Labute approximate surface area is 87.0 Å². The highest BCUT2D eigenvalue weighted by molar-refractivity contribution is 5.15. The van der Waals surface area contributed by atoms with E-state index in [1.165, 1.54) is 5.56 Å². The molecule has 0 spiro atoms. The van der Waals surface area contributed by atoms with Gasteiger partial charge in [0.25, 0.3) is 0 Å². The average molecular weight is 195 g/mol. The fourth-order valence-electron chi connectivity index (χ4n) is 1.07. The van der Waals surface area contributed by atoms with Crippen LogP contribution in [0.15, 0.2) is 30.3 Å². The molecular formula is C12H21NO. The van der Waals surface area contributed by atoms with E-state index >= 15 is 0 Å². The van der Waals surface area contributed by atoms with E-state index in [0.717, 1.165) is 6.42 Å². The topological polar surface area (TPSA) is 32.3 Å². The summed E-state index contributed by atoms with van der Waals surface area (Å²) in [6.45, 7) is 4.12. The highest BCUT2D eigenvalue weighted by Gasteiger charge is 1.97. The van der Waals surface area contributed by atoms with E-state index in [-0.39, 0.29) is 6.61 Å². The van der Waals surface area contributed by atoms with Crippen LogP contribution in [-0.4, -0.2) is 24.8 Å². The van der Waals surface area contributed by atoms with Gasteiger partial charge in [-0.05, 0) is 32.9 Å². The maximum atomic E-state index is 7.57. The first-order valence-electron chi connectivity index (χ1n) is 5.06. The van der Waals surface area contributed by atoms with Gasteiger partial charge >= 0.3 is 0 Å². The third kappa shape index (κ3) is 6.63. The van der Waals surface area contributed by atoms with Crippen molar-refractivity contribution in [1.29, 1.82) is 0 Å². The lowest BCUT2D eigenvalue weighted by Gasteiger charge is -2.08. The summed E-state index contributed by atoms with van der Waals surface area (Å²) in [6.07, 6.45) is 1.11. The summed E-state index contributed by atoms with van der Waals surface area (Å²) < 4.78 is 0. The molecule has 1 atom stereocenters. The van der Waals surface area contributed by atoms with Crippen molar-refractivity contribution in [3.63, 3.8) is 0 Å². The number of aliphatic hydroxyl groups excluding tert-OH is 1. The standard InChI is InChI=1S/C10H15N.C2H6O/c1-9(11-2)8-10-6-4-3-5-7-10;1-2-3/h3-7,9,11H,8H2,1-2H3;3H,2H2,1H3. The molecule has 0 heterocycles. The minimum atomic E-state index is 0.250. The van der Waals surface area contributed by atoms with Gasteiger partial charge in [0.1, 0.15) is 0 Å². The second-order valence-corrected chi connectivity index (χ2v) is 3.20. The molecule has 0 aromatic heterocycles. The van der Waals surface area contributed by atoms with Crippen LogP contribution in [0.1, 0.15) is 19.4 Å². The molecule has 2 heteroatoms. The number of hydrogen-bond acceptors (Lipinski definition) is 2. The van der Waals surface area contributed by atoms with Crippen LogP contribution >= 0.6 is 0 Å². The van der Waals surface area contributed by atoms with Gasteiger partial charge in [-0.15, -0.1) is 0 Å². The summed E-state index contributed by atoms with van der Waals surface area (Å²) >= 11 is 0. The van der Waals surface area contributed by atoms with Crippen LogP contribution in [0.5, 0.6) is 0 Å². The van der Waals surface area contributed by atoms with Gasteiger partial charge in [0.2, 0.25) is 0 Å². The lowest BCUT2D eigenvalue weighted by Crippen LogP contribution is -2.23. The quantitative estimate of drug-likeness (QED) is 0.771. The third-order valence-corrected chi connectivity index (χ3v) is 1.88. The second kappa shape index (κ2) is 8.73. The largest absolute Gasteiger partial charge is 0.397 e. The molecule has 1 rings (SSSR count). The van der Waals surface area contributed by atoms with Crippen LogP contribution in [0.3, 0.4) is 0 Å². The van der Waals surface area contributed by atoms with Crippen molar-refractivity contribution >= 4 is 0 Å². The van der Waals surface area contributed by atoms with Gasteiger partial charge in [-0.3, -0.25) is 0 Å². The van der Waals surface area contributed by atoms with Crippen molar-refractivity contribution in [1.82, 2.24) is 5.32 Å². The van der Waals surface area contributed by atoms with E-state index < -0.39 is 0 Å². The van der Waals surface area contributed by atoms with Crippen LogP contribution in [0.4, 0.5) is 0 Å². The normalized spacial score (nSPS) is 11.4. The van der Waals surface area contributed by atoms with E-state index in [1.807, 2.05) is 13.1 Å². The fourth-order valence-corrected chi connectivity index (χ4v) is 1.07. The number of hydrogen-bond donors (Lipinski definition) is 2. The van der Waals surface area contributed by atoms with E-state index in [4.69, 9.17) is 5.11 Å². The van der Waals surface area contributed by atoms with Crippen molar-refractivity contribution in [2.24, 2.45) is 0 Å². The van der Waals surface area contributed by atoms with Crippen molar-refractivity contribution in [2.45, 2.75) is 26.3 Å². The average Bonchev–Trinajstić information content (AvgIpc) is 2.20. The summed E-state index contributed by atoms with van der Waals surface area (Å²) in [4.78, 5) is 0. The van der Waals surface area contributed by atoms with Crippen LogP contribution in [0.2, 0.25) is 0 Å². The first kappa shape index (κ1) is 13.1. The molecule has 0 bridgehead atoms. The van der Waals surface area contributed by atoms with Crippen molar-refractivity contribution in [2.75, 3.05) is 13.7 Å². The van der Waals surface area contributed by atoms with Crippen molar-refractivity contribution in [3.8, 4) is 0 Å². The lowest BCUT2D eigenvalue weighted by atomic mass is 10.1. The Morgan fingerprint density at radius 3 is 2.21 bits per heavy atom. The zero-order chi connectivity index (χ0) is 10.8. The molecule has 1 aromatic rings. The molecule has 1 aromatic carbocycles. The second-order valence-electron chi connectivity index (χ2n) is 3.20. The van der Waals surface area contributed by atoms with E-state index in [2.05, 4.69) is 36.5 Å². The Morgan fingerprint density at radius 2 is 1.79 bits per heavy atom. The molecule has 0 aliphatic rings. The molecule has 0 saturated carbocycles. The molecule has 0 fully saturated rings. The number of likely N-dealkylation sites (N-methyl/N-ethyl adjacent to an activating group) is 1. The van der Waals surface area contributed by atoms with Gasteiger partial charge in [-0.25, -0.2) is 0 Å². The Morgan fingerprint density at radius 1 is 1.29 bits per heavy atom. The van der Waals surface area contributed by atoms with Gasteiger partial charge in [0.05, 0.1) is 0 Å². The summed E-state index contributed by atoms with van der Waals surface area (Å²) in [5.74, 6) is 0. The predicted molar refractivity (Wildman–Crippen MR) is 61.4 cm³/mol. The maximum absolute atomic E-state index is 7.57. The predicted octanol–water partition coefficient (Wildman–Crippen LogP) is 1.84. The molecule has 2 nitrogen and oxygen atoms in total. The fraction of sp³-hybridized carbons (Fsp3) is 0.500. The Kier molecular flexibility index (Phi) is 8.19. The SMILES string of the molecule is CCO.CNC(C)Cc1ccccc1. The van der Waals surface area contributed by atoms with Crippen molar-refractivity contribution in [3.05, 3.63) is 35.9 Å². The number of aliphatic hydroxyl groups is 1. The van der Waals surface area contributed by atoms with E-state index in [9.17, 15) is 0 Å². The Bertz CT molecular complexity index is 211. The number of rotatable bonds is 3. The van der Waals surface area contributed by atoms with E-state index in [1.54, 1.807) is 6.92 Å². The van der Waals surface area contributed by atoms with Crippen LogP contribution in [0.25, 0.3) is 0 Å². The smallest absolute Gasteiger partial charge is 0.0402 e. The zero-order valence-corrected chi connectivity index (χ0v) is 9.33. The highest BCUT2D eigenvalue weighted by Crippen LogP contribution is 2.01. The van der Waals surface area contributed by atoms with Crippen molar-refractivity contribution < 1.29 is 5.11 Å². The van der Waals surface area contributed by atoms with Gasteiger partial charge in [0, 0.05) is 12.6 Å².